The first-order valence-corrected chi connectivity index (χ1v) is 10.6. The Labute approximate surface area is 161 Å². The summed E-state index contributed by atoms with van der Waals surface area (Å²) in [5, 5.41) is 5.91. The predicted molar refractivity (Wildman–Crippen MR) is 109 cm³/mol. The molecule has 0 aromatic heterocycles. The number of hydrogen-bond acceptors (Lipinski definition) is 4. The fourth-order valence-electron chi connectivity index (χ4n) is 2.80. The van der Waals surface area contributed by atoms with Gasteiger partial charge in [0.05, 0.1) is 11.4 Å². The van der Waals surface area contributed by atoms with Gasteiger partial charge >= 0.3 is 0 Å². The van der Waals surface area contributed by atoms with Crippen LogP contribution in [0.5, 0.6) is 0 Å². The lowest BCUT2D eigenvalue weighted by atomic mass is 10.1. The van der Waals surface area contributed by atoms with Crippen LogP contribution in [-0.4, -0.2) is 38.3 Å². The zero-order valence-electron chi connectivity index (χ0n) is 16.0. The molecule has 2 aromatic carbocycles. The van der Waals surface area contributed by atoms with Gasteiger partial charge in [-0.25, -0.2) is 8.42 Å². The summed E-state index contributed by atoms with van der Waals surface area (Å²) >= 11 is 0. The number of nitrogens with one attached hydrogen (secondary N) is 2. The zero-order chi connectivity index (χ0) is 19.9. The van der Waals surface area contributed by atoms with Crippen molar-refractivity contribution in [2.45, 2.75) is 32.1 Å². The van der Waals surface area contributed by atoms with Crippen molar-refractivity contribution in [2.75, 3.05) is 30.3 Å². The molecule has 0 saturated heterocycles. The Hall–Kier alpha value is -2.38. The molecule has 0 fully saturated rings. The van der Waals surface area contributed by atoms with E-state index in [9.17, 15) is 13.2 Å². The summed E-state index contributed by atoms with van der Waals surface area (Å²) in [5.41, 5.74) is 2.65. The summed E-state index contributed by atoms with van der Waals surface area (Å²) < 4.78 is 26.4. The first kappa shape index (κ1) is 20.9. The lowest BCUT2D eigenvalue weighted by molar-refractivity contribution is -0.114. The highest BCUT2D eigenvalue weighted by molar-refractivity contribution is 7.89. The average Bonchev–Trinajstić information content (AvgIpc) is 2.67. The Kier molecular flexibility index (Phi) is 7.38. The molecule has 0 heterocycles. The van der Waals surface area contributed by atoms with E-state index in [0.717, 1.165) is 17.7 Å². The maximum absolute atomic E-state index is 12.5. The van der Waals surface area contributed by atoms with Crippen molar-refractivity contribution in [2.24, 2.45) is 0 Å². The number of carbonyl (C=O) groups is 1. The third-order valence-corrected chi connectivity index (χ3v) is 6.38. The van der Waals surface area contributed by atoms with Gasteiger partial charge < -0.3 is 10.6 Å². The molecule has 6 nitrogen and oxygen atoms in total. The molecule has 27 heavy (non-hydrogen) atoms. The standard InChI is InChI=1S/C20H27N3O3S/c1-4-16-9-7-8-10-19(16)21-15-20(24)22-17-11-13-18(14-12-17)27(25,26)23(5-2)6-3/h7-14,21H,4-6,15H2,1-3H3,(H,22,24). The molecule has 0 aliphatic heterocycles. The first-order chi connectivity index (χ1) is 12.9. The van der Waals surface area contributed by atoms with Gasteiger partial charge in [-0.05, 0) is 42.3 Å². The van der Waals surface area contributed by atoms with E-state index >= 15 is 0 Å². The van der Waals surface area contributed by atoms with Crippen molar-refractivity contribution in [1.29, 1.82) is 0 Å². The largest absolute Gasteiger partial charge is 0.376 e. The van der Waals surface area contributed by atoms with Crippen LogP contribution in [0.15, 0.2) is 53.4 Å². The van der Waals surface area contributed by atoms with E-state index in [-0.39, 0.29) is 17.3 Å². The molecule has 2 N–H and O–H groups in total. The number of aryl methyl sites for hydroxylation is 1. The van der Waals surface area contributed by atoms with Crippen LogP contribution in [0.4, 0.5) is 11.4 Å². The van der Waals surface area contributed by atoms with Gasteiger partial charge in [-0.2, -0.15) is 4.31 Å². The van der Waals surface area contributed by atoms with Crippen LogP contribution >= 0.6 is 0 Å². The van der Waals surface area contributed by atoms with Gasteiger partial charge in [-0.3, -0.25) is 4.79 Å². The van der Waals surface area contributed by atoms with Crippen LogP contribution in [0.3, 0.4) is 0 Å². The van der Waals surface area contributed by atoms with Crippen LogP contribution in [0, 0.1) is 0 Å². The topological polar surface area (TPSA) is 78.5 Å². The van der Waals surface area contributed by atoms with Crippen molar-refractivity contribution in [3.63, 3.8) is 0 Å². The minimum Gasteiger partial charge on any atom is -0.376 e. The van der Waals surface area contributed by atoms with E-state index in [0.29, 0.717) is 18.8 Å². The summed E-state index contributed by atoms with van der Waals surface area (Å²) in [6.07, 6.45) is 0.882. The van der Waals surface area contributed by atoms with Gasteiger partial charge in [-0.1, -0.05) is 39.0 Å². The van der Waals surface area contributed by atoms with Gasteiger partial charge in [0.25, 0.3) is 0 Å². The Morgan fingerprint density at radius 3 is 2.19 bits per heavy atom. The van der Waals surface area contributed by atoms with Crippen molar-refractivity contribution in [3.05, 3.63) is 54.1 Å². The molecule has 2 aromatic rings. The highest BCUT2D eigenvalue weighted by Crippen LogP contribution is 2.19. The molecule has 2 rings (SSSR count). The average molecular weight is 390 g/mol. The molecule has 0 spiro atoms. The Bertz CT molecular complexity index is 860. The number of amides is 1. The number of sulfonamides is 1. The summed E-state index contributed by atoms with van der Waals surface area (Å²) in [6.45, 7) is 6.65. The second-order valence-electron chi connectivity index (χ2n) is 6.03. The third-order valence-electron chi connectivity index (χ3n) is 4.32. The Balaban J connectivity index is 1.99. The molecule has 0 unspecified atom stereocenters. The van der Waals surface area contributed by atoms with Crippen LogP contribution in [0.1, 0.15) is 26.3 Å². The fraction of sp³-hybridized carbons (Fsp3) is 0.350. The molecule has 1 amide bonds. The SMILES string of the molecule is CCc1ccccc1NCC(=O)Nc1ccc(S(=O)(=O)N(CC)CC)cc1. The van der Waals surface area contributed by atoms with Gasteiger partial charge in [0.2, 0.25) is 15.9 Å². The summed E-state index contributed by atoms with van der Waals surface area (Å²) in [5.74, 6) is -0.194. The molecule has 0 aliphatic rings. The predicted octanol–water partition coefficient (Wildman–Crippen LogP) is 3.33. The number of anilines is 2. The summed E-state index contributed by atoms with van der Waals surface area (Å²) in [7, 11) is -3.49. The van der Waals surface area contributed by atoms with Crippen molar-refractivity contribution >= 4 is 27.3 Å². The number of benzene rings is 2. The smallest absolute Gasteiger partial charge is 0.243 e. The van der Waals surface area contributed by atoms with E-state index in [4.69, 9.17) is 0 Å². The number of carbonyl (C=O) groups excluding carboxylic acids is 1. The first-order valence-electron chi connectivity index (χ1n) is 9.14. The molecule has 0 radical (unpaired) electrons. The third kappa shape index (κ3) is 5.30. The van der Waals surface area contributed by atoms with Crippen molar-refractivity contribution in [1.82, 2.24) is 4.31 Å². The highest BCUT2D eigenvalue weighted by atomic mass is 32.2. The van der Waals surface area contributed by atoms with Gasteiger partial charge in [0.15, 0.2) is 0 Å². The van der Waals surface area contributed by atoms with Gasteiger partial charge in [-0.15, -0.1) is 0 Å². The lowest BCUT2D eigenvalue weighted by Crippen LogP contribution is -2.30. The van der Waals surface area contributed by atoms with Crippen molar-refractivity contribution in [3.8, 4) is 0 Å². The van der Waals surface area contributed by atoms with Gasteiger partial charge in [0, 0.05) is 24.5 Å². The van der Waals surface area contributed by atoms with E-state index in [2.05, 4.69) is 17.6 Å². The summed E-state index contributed by atoms with van der Waals surface area (Å²) in [6, 6.07) is 14.1. The quantitative estimate of drug-likeness (QED) is 0.689. The van der Waals surface area contributed by atoms with E-state index in [1.165, 1.54) is 16.4 Å². The summed E-state index contributed by atoms with van der Waals surface area (Å²) in [4.78, 5) is 12.4. The molecule has 146 valence electrons. The minimum atomic E-state index is -3.49. The van der Waals surface area contributed by atoms with E-state index in [1.54, 1.807) is 26.0 Å². The molecule has 0 saturated carbocycles. The second kappa shape index (κ2) is 9.53. The van der Waals surface area contributed by atoms with Crippen LogP contribution in [0.2, 0.25) is 0 Å². The molecule has 0 atom stereocenters. The van der Waals surface area contributed by atoms with Crippen LogP contribution in [-0.2, 0) is 21.2 Å². The number of nitrogens with zero attached hydrogens (tertiary/aromatic N) is 1. The number of para-hydroxylation sites is 1. The van der Waals surface area contributed by atoms with Crippen molar-refractivity contribution < 1.29 is 13.2 Å². The molecule has 0 aliphatic carbocycles. The van der Waals surface area contributed by atoms with E-state index < -0.39 is 10.0 Å². The fourth-order valence-corrected chi connectivity index (χ4v) is 4.26. The Morgan fingerprint density at radius 1 is 0.963 bits per heavy atom. The molecule has 0 bridgehead atoms. The zero-order valence-corrected chi connectivity index (χ0v) is 16.8. The normalized spacial score (nSPS) is 11.4. The molecular weight excluding hydrogens is 362 g/mol. The molecular formula is C20H27N3O3S. The van der Waals surface area contributed by atoms with E-state index in [1.807, 2.05) is 24.3 Å². The maximum atomic E-state index is 12.5. The number of rotatable bonds is 9. The second-order valence-corrected chi connectivity index (χ2v) is 7.96. The van der Waals surface area contributed by atoms with Crippen LogP contribution in [0.25, 0.3) is 0 Å². The lowest BCUT2D eigenvalue weighted by Gasteiger charge is -2.18. The monoisotopic (exact) mass is 389 g/mol. The van der Waals surface area contributed by atoms with Gasteiger partial charge in [0.1, 0.15) is 0 Å². The Morgan fingerprint density at radius 2 is 1.59 bits per heavy atom. The highest BCUT2D eigenvalue weighted by Gasteiger charge is 2.21. The molecule has 7 heteroatoms. The number of hydrogen-bond donors (Lipinski definition) is 2. The maximum Gasteiger partial charge on any atom is 0.243 e. The van der Waals surface area contributed by atoms with Crippen LogP contribution < -0.4 is 10.6 Å². The minimum absolute atomic E-state index is 0.135.